The Kier molecular flexibility index (Phi) is 3.15. The molecule has 1 unspecified atom stereocenters. The number of piperidine rings is 3. The molecule has 1 atom stereocenters. The van der Waals surface area contributed by atoms with Crippen molar-refractivity contribution in [3.63, 3.8) is 0 Å². The van der Waals surface area contributed by atoms with Gasteiger partial charge in [0.15, 0.2) is 0 Å². The van der Waals surface area contributed by atoms with Crippen LogP contribution < -0.4 is 5.32 Å². The summed E-state index contributed by atoms with van der Waals surface area (Å²) >= 11 is 0. The summed E-state index contributed by atoms with van der Waals surface area (Å²) < 4.78 is 2.00. The SMILES string of the molecule is Cc1nccn1-c1ccc(NC2CN3CCC2CC3)cn1. The lowest BCUT2D eigenvalue weighted by molar-refractivity contribution is 0.0975. The van der Waals surface area contributed by atoms with Crippen LogP contribution in [0.25, 0.3) is 5.82 Å². The lowest BCUT2D eigenvalue weighted by Gasteiger charge is -2.45. The van der Waals surface area contributed by atoms with E-state index in [9.17, 15) is 0 Å². The average molecular weight is 283 g/mol. The monoisotopic (exact) mass is 283 g/mol. The van der Waals surface area contributed by atoms with E-state index in [1.165, 1.54) is 32.5 Å². The van der Waals surface area contributed by atoms with Crippen molar-refractivity contribution >= 4 is 5.69 Å². The molecule has 0 saturated carbocycles. The molecule has 5 heterocycles. The molecule has 3 fully saturated rings. The maximum absolute atomic E-state index is 4.56. The van der Waals surface area contributed by atoms with Gasteiger partial charge in [0, 0.05) is 25.0 Å². The Morgan fingerprint density at radius 1 is 1.19 bits per heavy atom. The van der Waals surface area contributed by atoms with Gasteiger partial charge in [0.2, 0.25) is 0 Å². The van der Waals surface area contributed by atoms with E-state index in [-0.39, 0.29) is 0 Å². The molecule has 110 valence electrons. The van der Waals surface area contributed by atoms with Crippen molar-refractivity contribution in [1.82, 2.24) is 19.4 Å². The summed E-state index contributed by atoms with van der Waals surface area (Å²) in [5.41, 5.74) is 1.12. The lowest BCUT2D eigenvalue weighted by atomic mass is 9.84. The number of nitrogens with zero attached hydrogens (tertiary/aromatic N) is 4. The van der Waals surface area contributed by atoms with Crippen LogP contribution in [-0.2, 0) is 0 Å². The molecule has 2 bridgehead atoms. The molecule has 5 heteroatoms. The number of imidazole rings is 1. The van der Waals surface area contributed by atoms with Gasteiger partial charge in [0.05, 0.1) is 11.9 Å². The van der Waals surface area contributed by atoms with E-state index in [1.54, 1.807) is 6.20 Å². The van der Waals surface area contributed by atoms with Crippen LogP contribution in [0.5, 0.6) is 0 Å². The van der Waals surface area contributed by atoms with E-state index in [4.69, 9.17) is 0 Å². The van der Waals surface area contributed by atoms with E-state index < -0.39 is 0 Å². The molecule has 2 aromatic rings. The number of hydrogen-bond donors (Lipinski definition) is 1. The maximum atomic E-state index is 4.56. The highest BCUT2D eigenvalue weighted by Gasteiger charge is 2.33. The molecular weight excluding hydrogens is 262 g/mol. The van der Waals surface area contributed by atoms with Gasteiger partial charge < -0.3 is 10.2 Å². The number of anilines is 1. The average Bonchev–Trinajstić information content (AvgIpc) is 2.95. The standard InChI is InChI=1S/C16H21N5/c1-12-17-6-9-21(12)16-3-2-14(10-18-16)19-15-11-20-7-4-13(15)5-8-20/h2-3,6,9-10,13,15,19H,4-5,7-8,11H2,1H3. The fourth-order valence-electron chi connectivity index (χ4n) is 3.58. The van der Waals surface area contributed by atoms with Gasteiger partial charge in [-0.25, -0.2) is 9.97 Å². The number of aryl methyl sites for hydroxylation is 1. The fourth-order valence-corrected chi connectivity index (χ4v) is 3.58. The largest absolute Gasteiger partial charge is 0.379 e. The molecule has 0 aliphatic carbocycles. The Morgan fingerprint density at radius 2 is 2.05 bits per heavy atom. The first-order valence-corrected chi connectivity index (χ1v) is 7.75. The summed E-state index contributed by atoms with van der Waals surface area (Å²) in [6.45, 7) is 5.72. The summed E-state index contributed by atoms with van der Waals surface area (Å²) in [4.78, 5) is 11.4. The van der Waals surface area contributed by atoms with Crippen molar-refractivity contribution < 1.29 is 0 Å². The summed E-state index contributed by atoms with van der Waals surface area (Å²) in [5.74, 6) is 2.70. The van der Waals surface area contributed by atoms with E-state index in [2.05, 4.69) is 32.3 Å². The van der Waals surface area contributed by atoms with Crippen molar-refractivity contribution in [1.29, 1.82) is 0 Å². The Hall–Kier alpha value is -1.88. The number of aromatic nitrogens is 3. The third-order valence-electron chi connectivity index (χ3n) is 4.83. The van der Waals surface area contributed by atoms with Gasteiger partial charge in [-0.1, -0.05) is 0 Å². The van der Waals surface area contributed by atoms with Crippen LogP contribution in [-0.4, -0.2) is 45.1 Å². The maximum Gasteiger partial charge on any atom is 0.138 e. The second-order valence-corrected chi connectivity index (χ2v) is 6.14. The minimum absolute atomic E-state index is 0.579. The highest BCUT2D eigenvalue weighted by Crippen LogP contribution is 2.29. The van der Waals surface area contributed by atoms with Gasteiger partial charge in [0.1, 0.15) is 11.6 Å². The molecule has 5 nitrogen and oxygen atoms in total. The predicted molar refractivity (Wildman–Crippen MR) is 82.7 cm³/mol. The highest BCUT2D eigenvalue weighted by molar-refractivity contribution is 5.45. The number of hydrogen-bond acceptors (Lipinski definition) is 4. The number of pyridine rings is 1. The molecule has 3 aliphatic heterocycles. The van der Waals surface area contributed by atoms with Crippen molar-refractivity contribution in [2.75, 3.05) is 25.0 Å². The van der Waals surface area contributed by atoms with E-state index >= 15 is 0 Å². The number of fused-ring (bicyclic) bond motifs is 3. The van der Waals surface area contributed by atoms with Crippen LogP contribution in [0, 0.1) is 12.8 Å². The van der Waals surface area contributed by atoms with Gasteiger partial charge in [0.25, 0.3) is 0 Å². The smallest absolute Gasteiger partial charge is 0.138 e. The van der Waals surface area contributed by atoms with E-state index in [1.807, 2.05) is 23.9 Å². The minimum atomic E-state index is 0.579. The Balaban J connectivity index is 1.48. The lowest BCUT2D eigenvalue weighted by Crippen LogP contribution is -2.53. The quantitative estimate of drug-likeness (QED) is 0.937. The normalized spacial score (nSPS) is 27.8. The Morgan fingerprint density at radius 3 is 2.62 bits per heavy atom. The predicted octanol–water partition coefficient (Wildman–Crippen LogP) is 2.08. The van der Waals surface area contributed by atoms with Gasteiger partial charge in [-0.15, -0.1) is 0 Å². The summed E-state index contributed by atoms with van der Waals surface area (Å²) in [6.07, 6.45) is 8.34. The minimum Gasteiger partial charge on any atom is -0.379 e. The second kappa shape index (κ2) is 5.15. The van der Waals surface area contributed by atoms with Gasteiger partial charge in [-0.2, -0.15) is 0 Å². The van der Waals surface area contributed by atoms with Crippen LogP contribution in [0.3, 0.4) is 0 Å². The molecular formula is C16H21N5. The molecule has 0 radical (unpaired) electrons. The van der Waals surface area contributed by atoms with Crippen LogP contribution in [0.15, 0.2) is 30.7 Å². The third kappa shape index (κ3) is 2.42. The van der Waals surface area contributed by atoms with Gasteiger partial charge >= 0.3 is 0 Å². The van der Waals surface area contributed by atoms with Crippen molar-refractivity contribution in [3.8, 4) is 5.82 Å². The van der Waals surface area contributed by atoms with E-state index in [0.717, 1.165) is 23.2 Å². The zero-order valence-corrected chi connectivity index (χ0v) is 12.4. The van der Waals surface area contributed by atoms with E-state index in [0.29, 0.717) is 6.04 Å². The second-order valence-electron chi connectivity index (χ2n) is 6.14. The topological polar surface area (TPSA) is 46.0 Å². The molecule has 2 aromatic heterocycles. The van der Waals surface area contributed by atoms with Crippen LogP contribution in [0.2, 0.25) is 0 Å². The first-order chi connectivity index (χ1) is 10.3. The summed E-state index contributed by atoms with van der Waals surface area (Å²) in [5, 5.41) is 3.67. The van der Waals surface area contributed by atoms with Crippen molar-refractivity contribution in [3.05, 3.63) is 36.5 Å². The zero-order chi connectivity index (χ0) is 14.2. The molecule has 21 heavy (non-hydrogen) atoms. The molecule has 0 aromatic carbocycles. The highest BCUT2D eigenvalue weighted by atomic mass is 15.2. The van der Waals surface area contributed by atoms with Crippen molar-refractivity contribution in [2.24, 2.45) is 5.92 Å². The first kappa shape index (κ1) is 12.8. The zero-order valence-electron chi connectivity index (χ0n) is 12.4. The molecule has 5 rings (SSSR count). The van der Waals surface area contributed by atoms with Crippen LogP contribution >= 0.6 is 0 Å². The third-order valence-corrected chi connectivity index (χ3v) is 4.83. The summed E-state index contributed by atoms with van der Waals surface area (Å²) in [6, 6.07) is 4.76. The van der Waals surface area contributed by atoms with Gasteiger partial charge in [-0.05, 0) is 50.9 Å². The first-order valence-electron chi connectivity index (χ1n) is 7.75. The van der Waals surface area contributed by atoms with Crippen LogP contribution in [0.4, 0.5) is 5.69 Å². The summed E-state index contributed by atoms with van der Waals surface area (Å²) in [7, 11) is 0. The Labute approximate surface area is 125 Å². The number of rotatable bonds is 3. The fraction of sp³-hybridized carbons (Fsp3) is 0.500. The molecule has 1 N–H and O–H groups in total. The van der Waals surface area contributed by atoms with Crippen LogP contribution in [0.1, 0.15) is 18.7 Å². The molecule has 3 aliphatic rings. The molecule has 0 amide bonds. The number of nitrogens with one attached hydrogen (secondary N) is 1. The van der Waals surface area contributed by atoms with Crippen molar-refractivity contribution in [2.45, 2.75) is 25.8 Å². The Bertz CT molecular complexity index is 610. The van der Waals surface area contributed by atoms with Gasteiger partial charge in [-0.3, -0.25) is 4.57 Å². The molecule has 0 spiro atoms. The molecule has 3 saturated heterocycles.